The maximum absolute atomic E-state index is 12.1. The number of benzene rings is 1. The number of nitrogens with zero attached hydrogens (tertiary/aromatic N) is 1. The summed E-state index contributed by atoms with van der Waals surface area (Å²) in [7, 11) is 1.87. The Hall–Kier alpha value is -0.640. The lowest BCUT2D eigenvalue weighted by Crippen LogP contribution is -2.09. The molecule has 0 bridgehead atoms. The maximum atomic E-state index is 12.1. The Balaban J connectivity index is 3.02. The number of rotatable bonds is 1. The average molecular weight is 274 g/mol. The van der Waals surface area contributed by atoms with Crippen molar-refractivity contribution in [1.82, 2.24) is 4.57 Å². The molecule has 0 amide bonds. The Morgan fingerprint density at radius 1 is 1.31 bits per heavy atom. The van der Waals surface area contributed by atoms with E-state index in [2.05, 4.69) is 0 Å². The molecule has 0 saturated heterocycles. The van der Waals surface area contributed by atoms with Crippen molar-refractivity contribution >= 4 is 45.9 Å². The minimum absolute atomic E-state index is 0.0396. The van der Waals surface area contributed by atoms with E-state index < -0.39 is 0 Å². The van der Waals surface area contributed by atoms with Crippen molar-refractivity contribution in [3.05, 3.63) is 38.6 Å². The second kappa shape index (κ2) is 4.32. The van der Waals surface area contributed by atoms with Gasteiger partial charge in [-0.3, -0.25) is 4.79 Å². The molecule has 5 heteroatoms. The molecular weight excluding hydrogens is 265 g/mol. The van der Waals surface area contributed by atoms with Gasteiger partial charge in [-0.15, -0.1) is 11.8 Å². The number of aryl methyl sites for hydroxylation is 1. The van der Waals surface area contributed by atoms with Gasteiger partial charge in [0.25, 0.3) is 0 Å². The highest BCUT2D eigenvalue weighted by Gasteiger charge is 2.11. The van der Waals surface area contributed by atoms with Gasteiger partial charge in [0.2, 0.25) is 5.43 Å². The Kier molecular flexibility index (Phi) is 3.19. The van der Waals surface area contributed by atoms with Gasteiger partial charge in [-0.05, 0) is 18.4 Å². The highest BCUT2D eigenvalue weighted by atomic mass is 35.5. The third-order valence-corrected chi connectivity index (χ3v) is 3.64. The molecule has 1 aromatic carbocycles. The van der Waals surface area contributed by atoms with E-state index in [1.165, 1.54) is 11.8 Å². The summed E-state index contributed by atoms with van der Waals surface area (Å²) in [6, 6.07) is 3.34. The molecule has 1 aromatic heterocycles. The van der Waals surface area contributed by atoms with Gasteiger partial charge in [0.1, 0.15) is 0 Å². The van der Waals surface area contributed by atoms with E-state index in [1.54, 1.807) is 18.3 Å². The molecule has 0 unspecified atom stereocenters. The number of pyridine rings is 1. The second-order valence-electron chi connectivity index (χ2n) is 3.42. The Labute approximate surface area is 107 Å². The van der Waals surface area contributed by atoms with E-state index in [0.29, 0.717) is 20.3 Å². The fourth-order valence-electron chi connectivity index (χ4n) is 1.64. The highest BCUT2D eigenvalue weighted by Crippen LogP contribution is 2.26. The molecule has 84 valence electrons. The zero-order valence-electron chi connectivity index (χ0n) is 8.75. The first kappa shape index (κ1) is 11.8. The van der Waals surface area contributed by atoms with Crippen LogP contribution in [0.3, 0.4) is 0 Å². The van der Waals surface area contributed by atoms with Crippen LogP contribution in [0.5, 0.6) is 0 Å². The summed E-state index contributed by atoms with van der Waals surface area (Å²) in [4.78, 5) is 12.8. The summed E-state index contributed by atoms with van der Waals surface area (Å²) in [6.45, 7) is 0. The van der Waals surface area contributed by atoms with Crippen LogP contribution in [-0.2, 0) is 7.05 Å². The second-order valence-corrected chi connectivity index (χ2v) is 5.11. The summed E-state index contributed by atoms with van der Waals surface area (Å²) in [5.41, 5.74) is 0.711. The smallest absolute Gasteiger partial charge is 0.204 e. The molecule has 0 spiro atoms. The first-order valence-corrected chi connectivity index (χ1v) is 6.55. The van der Waals surface area contributed by atoms with Crippen LogP contribution in [0.2, 0.25) is 10.0 Å². The minimum atomic E-state index is -0.0396. The van der Waals surface area contributed by atoms with Gasteiger partial charge in [-0.2, -0.15) is 0 Å². The molecule has 0 saturated carbocycles. The molecule has 2 nitrogen and oxygen atoms in total. The monoisotopic (exact) mass is 273 g/mol. The van der Waals surface area contributed by atoms with E-state index in [-0.39, 0.29) is 5.43 Å². The summed E-state index contributed by atoms with van der Waals surface area (Å²) in [5.74, 6) is 0. The lowest BCUT2D eigenvalue weighted by molar-refractivity contribution is 0.924. The molecule has 1 heterocycles. The molecule has 16 heavy (non-hydrogen) atoms. The SMILES string of the molecule is CSc1cn(C)c2cc(Cl)cc(Cl)c2c1=O. The average Bonchev–Trinajstić information content (AvgIpc) is 2.22. The lowest BCUT2D eigenvalue weighted by Gasteiger charge is -2.09. The molecule has 0 aliphatic rings. The van der Waals surface area contributed by atoms with E-state index in [4.69, 9.17) is 23.2 Å². The van der Waals surface area contributed by atoms with Crippen LogP contribution in [-0.4, -0.2) is 10.8 Å². The number of thioether (sulfide) groups is 1. The van der Waals surface area contributed by atoms with Crippen molar-refractivity contribution in [2.24, 2.45) is 7.05 Å². The third-order valence-electron chi connectivity index (χ3n) is 2.40. The van der Waals surface area contributed by atoms with Crippen LogP contribution in [0.25, 0.3) is 10.9 Å². The van der Waals surface area contributed by atoms with Gasteiger partial charge >= 0.3 is 0 Å². The minimum Gasteiger partial charge on any atom is -0.349 e. The Morgan fingerprint density at radius 3 is 2.62 bits per heavy atom. The van der Waals surface area contributed by atoms with Gasteiger partial charge in [-0.25, -0.2) is 0 Å². The predicted molar refractivity (Wildman–Crippen MR) is 71.0 cm³/mol. The number of hydrogen-bond donors (Lipinski definition) is 0. The third kappa shape index (κ3) is 1.83. The number of fused-ring (bicyclic) bond motifs is 1. The lowest BCUT2D eigenvalue weighted by atomic mass is 10.2. The highest BCUT2D eigenvalue weighted by molar-refractivity contribution is 7.98. The van der Waals surface area contributed by atoms with Crippen molar-refractivity contribution < 1.29 is 0 Å². The van der Waals surface area contributed by atoms with E-state index in [1.807, 2.05) is 17.9 Å². The summed E-state index contributed by atoms with van der Waals surface area (Å²) >= 11 is 13.4. The molecular formula is C11H9Cl2NOS. The quantitative estimate of drug-likeness (QED) is 0.742. The van der Waals surface area contributed by atoms with Crippen molar-refractivity contribution in [2.75, 3.05) is 6.26 Å². The zero-order valence-corrected chi connectivity index (χ0v) is 11.1. The van der Waals surface area contributed by atoms with Gasteiger partial charge < -0.3 is 4.57 Å². The van der Waals surface area contributed by atoms with Crippen molar-refractivity contribution in [1.29, 1.82) is 0 Å². The van der Waals surface area contributed by atoms with Crippen LogP contribution >= 0.6 is 35.0 Å². The number of halogens is 2. The fraction of sp³-hybridized carbons (Fsp3) is 0.182. The van der Waals surface area contributed by atoms with Crippen LogP contribution in [0, 0.1) is 0 Å². The number of aromatic nitrogens is 1. The number of hydrogen-bond acceptors (Lipinski definition) is 2. The first-order valence-electron chi connectivity index (χ1n) is 4.57. The Bertz CT molecular complexity index is 621. The van der Waals surface area contributed by atoms with Crippen LogP contribution in [0.4, 0.5) is 0 Å². The molecule has 2 rings (SSSR count). The molecule has 0 aliphatic carbocycles. The first-order chi connectivity index (χ1) is 7.54. The van der Waals surface area contributed by atoms with Gasteiger partial charge in [-0.1, -0.05) is 23.2 Å². The van der Waals surface area contributed by atoms with E-state index in [9.17, 15) is 4.79 Å². The van der Waals surface area contributed by atoms with Crippen LogP contribution in [0.15, 0.2) is 28.0 Å². The van der Waals surface area contributed by atoms with Crippen molar-refractivity contribution in [3.8, 4) is 0 Å². The molecule has 0 atom stereocenters. The molecule has 0 N–H and O–H groups in total. The normalized spacial score (nSPS) is 11.0. The zero-order chi connectivity index (χ0) is 11.9. The molecule has 0 aliphatic heterocycles. The predicted octanol–water partition coefficient (Wildman–Crippen LogP) is 3.57. The van der Waals surface area contributed by atoms with Crippen molar-refractivity contribution in [3.63, 3.8) is 0 Å². The Morgan fingerprint density at radius 2 is 2.00 bits per heavy atom. The van der Waals surface area contributed by atoms with Crippen molar-refractivity contribution in [2.45, 2.75) is 4.90 Å². The van der Waals surface area contributed by atoms with Gasteiger partial charge in [0, 0.05) is 18.3 Å². The molecule has 2 aromatic rings. The maximum Gasteiger partial charge on any atom is 0.204 e. The standard InChI is InChI=1S/C11H9Cl2NOS/c1-14-5-9(16-2)11(15)10-7(13)3-6(12)4-8(10)14/h3-5H,1-2H3. The topological polar surface area (TPSA) is 22.0 Å². The summed E-state index contributed by atoms with van der Waals surface area (Å²) < 4.78 is 1.86. The largest absolute Gasteiger partial charge is 0.349 e. The van der Waals surface area contributed by atoms with Crippen LogP contribution in [0.1, 0.15) is 0 Å². The van der Waals surface area contributed by atoms with Gasteiger partial charge in [0.05, 0.1) is 20.8 Å². The molecule has 0 radical (unpaired) electrons. The van der Waals surface area contributed by atoms with E-state index >= 15 is 0 Å². The van der Waals surface area contributed by atoms with E-state index in [0.717, 1.165) is 5.52 Å². The van der Waals surface area contributed by atoms with Gasteiger partial charge in [0.15, 0.2) is 0 Å². The fourth-order valence-corrected chi connectivity index (χ4v) is 2.76. The summed E-state index contributed by atoms with van der Waals surface area (Å²) in [5, 5.41) is 1.46. The molecule has 0 fully saturated rings. The summed E-state index contributed by atoms with van der Waals surface area (Å²) in [6.07, 6.45) is 3.66. The van der Waals surface area contributed by atoms with Crippen LogP contribution < -0.4 is 5.43 Å².